The summed E-state index contributed by atoms with van der Waals surface area (Å²) in [7, 11) is 0. The Morgan fingerprint density at radius 1 is 0.952 bits per heavy atom. The van der Waals surface area contributed by atoms with Crippen molar-refractivity contribution in [3.63, 3.8) is 0 Å². The van der Waals surface area contributed by atoms with E-state index in [0.29, 0.717) is 6.04 Å². The zero-order valence-electron chi connectivity index (χ0n) is 12.0. The number of rotatable bonds is 4. The number of carbonyl (C=O) groups excluding carboxylic acids is 2. The van der Waals surface area contributed by atoms with Crippen LogP contribution in [0.25, 0.3) is 0 Å². The first-order chi connectivity index (χ1) is 10.2. The van der Waals surface area contributed by atoms with E-state index in [9.17, 15) is 9.59 Å². The maximum Gasteiger partial charge on any atom is 0.237 e. The van der Waals surface area contributed by atoms with Crippen LogP contribution in [-0.2, 0) is 16.1 Å². The third kappa shape index (κ3) is 2.27. The van der Waals surface area contributed by atoms with Gasteiger partial charge in [0, 0.05) is 12.6 Å². The topological polar surface area (TPSA) is 49.4 Å². The number of nitrogens with one attached hydrogen (secondary N) is 1. The van der Waals surface area contributed by atoms with Gasteiger partial charge in [-0.15, -0.1) is 0 Å². The third-order valence-corrected chi connectivity index (χ3v) is 4.96. The van der Waals surface area contributed by atoms with Crippen molar-refractivity contribution in [3.8, 4) is 0 Å². The van der Waals surface area contributed by atoms with Crippen LogP contribution < -0.4 is 10.2 Å². The Morgan fingerprint density at radius 2 is 1.57 bits per heavy atom. The van der Waals surface area contributed by atoms with Crippen molar-refractivity contribution in [2.45, 2.75) is 44.7 Å². The number of imide groups is 1. The summed E-state index contributed by atoms with van der Waals surface area (Å²) >= 11 is 0. The summed E-state index contributed by atoms with van der Waals surface area (Å²) in [5, 5.41) is 3.46. The summed E-state index contributed by atoms with van der Waals surface area (Å²) in [6.07, 6.45) is 5.30. The summed E-state index contributed by atoms with van der Waals surface area (Å²) in [5.41, 5.74) is 1.93. The predicted molar refractivity (Wildman–Crippen MR) is 79.6 cm³/mol. The fraction of sp³-hybridized carbons (Fsp3) is 0.529. The van der Waals surface area contributed by atoms with Crippen LogP contribution in [0.5, 0.6) is 0 Å². The van der Waals surface area contributed by atoms with Gasteiger partial charge in [-0.3, -0.25) is 14.5 Å². The lowest BCUT2D eigenvalue weighted by Crippen LogP contribution is -2.31. The highest BCUT2D eigenvalue weighted by molar-refractivity contribution is 6.22. The van der Waals surface area contributed by atoms with E-state index in [-0.39, 0.29) is 23.7 Å². The third-order valence-electron chi connectivity index (χ3n) is 4.96. The molecule has 1 aromatic rings. The standard InChI is InChI=1S/C17H20N2O2/c20-16-14-2-1-3-15(14)17(21)19(16)13-8-4-11(5-9-13)10-18-12-6-7-12/h4-5,8-9,12,14-15,18H,1-3,6-7,10H2. The first-order valence-corrected chi connectivity index (χ1v) is 7.94. The van der Waals surface area contributed by atoms with Crippen molar-refractivity contribution in [1.29, 1.82) is 0 Å². The number of carbonyl (C=O) groups is 2. The number of anilines is 1. The first-order valence-electron chi connectivity index (χ1n) is 7.94. The molecule has 0 bridgehead atoms. The van der Waals surface area contributed by atoms with E-state index in [1.165, 1.54) is 23.3 Å². The minimum atomic E-state index is -0.0614. The second-order valence-electron chi connectivity index (χ2n) is 6.48. The number of benzene rings is 1. The van der Waals surface area contributed by atoms with Crippen molar-refractivity contribution < 1.29 is 9.59 Å². The van der Waals surface area contributed by atoms with E-state index in [1.54, 1.807) is 0 Å². The summed E-state index contributed by atoms with van der Waals surface area (Å²) < 4.78 is 0. The number of nitrogens with zero attached hydrogens (tertiary/aromatic N) is 1. The largest absolute Gasteiger partial charge is 0.310 e. The molecule has 21 heavy (non-hydrogen) atoms. The molecule has 2 saturated carbocycles. The Hall–Kier alpha value is -1.68. The minimum Gasteiger partial charge on any atom is -0.310 e. The van der Waals surface area contributed by atoms with Gasteiger partial charge in [-0.05, 0) is 43.4 Å². The van der Waals surface area contributed by atoms with E-state index in [1.807, 2.05) is 24.3 Å². The highest BCUT2D eigenvalue weighted by atomic mass is 16.2. The second-order valence-corrected chi connectivity index (χ2v) is 6.48. The minimum absolute atomic E-state index is 0.00588. The molecule has 110 valence electrons. The maximum absolute atomic E-state index is 12.4. The number of fused-ring (bicyclic) bond motifs is 1. The SMILES string of the molecule is O=C1C2CCCC2C(=O)N1c1ccc(CNC2CC2)cc1. The smallest absolute Gasteiger partial charge is 0.237 e. The fourth-order valence-corrected chi connectivity index (χ4v) is 3.56. The zero-order valence-corrected chi connectivity index (χ0v) is 12.0. The van der Waals surface area contributed by atoms with Crippen molar-refractivity contribution in [2.24, 2.45) is 11.8 Å². The Balaban J connectivity index is 1.50. The Labute approximate surface area is 124 Å². The molecule has 4 heteroatoms. The van der Waals surface area contributed by atoms with Crippen LogP contribution in [-0.4, -0.2) is 17.9 Å². The molecular weight excluding hydrogens is 264 g/mol. The molecule has 1 saturated heterocycles. The van der Waals surface area contributed by atoms with Gasteiger partial charge in [-0.2, -0.15) is 0 Å². The average Bonchev–Trinajstić information content (AvgIpc) is 3.13. The lowest BCUT2D eigenvalue weighted by Gasteiger charge is -2.16. The lowest BCUT2D eigenvalue weighted by molar-refractivity contribution is -0.122. The normalized spacial score (nSPS) is 28.3. The Kier molecular flexibility index (Phi) is 3.07. The highest BCUT2D eigenvalue weighted by Crippen LogP contribution is 2.41. The molecule has 0 aromatic heterocycles. The van der Waals surface area contributed by atoms with Crippen LogP contribution in [0.1, 0.15) is 37.7 Å². The van der Waals surface area contributed by atoms with E-state index < -0.39 is 0 Å². The fourth-order valence-electron chi connectivity index (χ4n) is 3.56. The summed E-state index contributed by atoms with van der Waals surface area (Å²) in [6, 6.07) is 8.52. The molecule has 1 aliphatic heterocycles. The van der Waals surface area contributed by atoms with Crippen molar-refractivity contribution >= 4 is 17.5 Å². The van der Waals surface area contributed by atoms with Gasteiger partial charge in [-0.1, -0.05) is 18.6 Å². The van der Waals surface area contributed by atoms with Crippen molar-refractivity contribution in [2.75, 3.05) is 4.90 Å². The molecule has 4 nitrogen and oxygen atoms in total. The molecule has 1 aromatic carbocycles. The summed E-state index contributed by atoms with van der Waals surface area (Å²) in [5.74, 6) is -0.111. The van der Waals surface area contributed by atoms with Crippen molar-refractivity contribution in [3.05, 3.63) is 29.8 Å². The number of hydrogen-bond acceptors (Lipinski definition) is 3. The molecule has 2 atom stereocenters. The molecule has 0 radical (unpaired) electrons. The van der Waals surface area contributed by atoms with E-state index >= 15 is 0 Å². The molecule has 2 unspecified atom stereocenters. The maximum atomic E-state index is 12.4. The Bertz CT molecular complexity index is 555. The van der Waals surface area contributed by atoms with E-state index in [0.717, 1.165) is 31.5 Å². The van der Waals surface area contributed by atoms with Gasteiger partial charge in [0.2, 0.25) is 11.8 Å². The van der Waals surface area contributed by atoms with Crippen LogP contribution in [0.4, 0.5) is 5.69 Å². The quantitative estimate of drug-likeness (QED) is 0.863. The molecule has 1 heterocycles. The van der Waals surface area contributed by atoms with Crippen molar-refractivity contribution in [1.82, 2.24) is 5.32 Å². The van der Waals surface area contributed by atoms with Gasteiger partial charge in [-0.25, -0.2) is 0 Å². The van der Waals surface area contributed by atoms with Gasteiger partial charge in [0.15, 0.2) is 0 Å². The molecule has 1 N–H and O–H groups in total. The van der Waals surface area contributed by atoms with Gasteiger partial charge in [0.25, 0.3) is 0 Å². The molecule has 3 aliphatic rings. The molecule has 3 fully saturated rings. The molecule has 2 aliphatic carbocycles. The first kappa shape index (κ1) is 13.0. The lowest BCUT2D eigenvalue weighted by atomic mass is 10.00. The van der Waals surface area contributed by atoms with Gasteiger partial charge in [0.1, 0.15) is 0 Å². The molecule has 0 spiro atoms. The van der Waals surface area contributed by atoms with Crippen LogP contribution in [0.15, 0.2) is 24.3 Å². The van der Waals surface area contributed by atoms with Crippen LogP contribution >= 0.6 is 0 Å². The second kappa shape index (κ2) is 4.95. The van der Waals surface area contributed by atoms with Crippen LogP contribution in [0, 0.1) is 11.8 Å². The van der Waals surface area contributed by atoms with E-state index in [2.05, 4.69) is 5.32 Å². The van der Waals surface area contributed by atoms with Gasteiger partial charge >= 0.3 is 0 Å². The average molecular weight is 284 g/mol. The predicted octanol–water partition coefficient (Wildman–Crippen LogP) is 2.23. The highest BCUT2D eigenvalue weighted by Gasteiger charge is 2.50. The summed E-state index contributed by atoms with van der Waals surface area (Å²) in [4.78, 5) is 26.2. The van der Waals surface area contributed by atoms with Gasteiger partial charge < -0.3 is 5.32 Å². The Morgan fingerprint density at radius 3 is 2.14 bits per heavy atom. The molecular formula is C17H20N2O2. The molecule has 4 rings (SSSR count). The number of hydrogen-bond donors (Lipinski definition) is 1. The number of amides is 2. The molecule has 2 amide bonds. The van der Waals surface area contributed by atoms with Gasteiger partial charge in [0.05, 0.1) is 17.5 Å². The zero-order chi connectivity index (χ0) is 14.4. The summed E-state index contributed by atoms with van der Waals surface area (Å²) in [6.45, 7) is 0.859. The van der Waals surface area contributed by atoms with Crippen LogP contribution in [0.2, 0.25) is 0 Å². The van der Waals surface area contributed by atoms with E-state index in [4.69, 9.17) is 0 Å². The van der Waals surface area contributed by atoms with Crippen LogP contribution in [0.3, 0.4) is 0 Å². The monoisotopic (exact) mass is 284 g/mol.